The predicted octanol–water partition coefficient (Wildman–Crippen LogP) is 3.29. The summed E-state index contributed by atoms with van der Waals surface area (Å²) in [6.07, 6.45) is 8.23. The number of carbonyl (C=O) groups is 1. The number of hydrogen-bond acceptors (Lipinski definition) is 4. The zero-order valence-corrected chi connectivity index (χ0v) is 15.4. The van der Waals surface area contributed by atoms with Gasteiger partial charge in [0.05, 0.1) is 23.6 Å². The summed E-state index contributed by atoms with van der Waals surface area (Å²) in [6.45, 7) is 4.12. The van der Waals surface area contributed by atoms with Crippen LogP contribution in [0.2, 0.25) is 0 Å². The van der Waals surface area contributed by atoms with Gasteiger partial charge >= 0.3 is 0 Å². The van der Waals surface area contributed by atoms with Gasteiger partial charge in [-0.15, -0.1) is 0 Å². The maximum absolute atomic E-state index is 13.5. The fraction of sp³-hybridized carbons (Fsp3) is 0.400. The number of carbonyl (C=O) groups excluding carboxylic acids is 1. The molecule has 0 saturated carbocycles. The number of aromatic nitrogens is 4. The van der Waals surface area contributed by atoms with E-state index in [1.54, 1.807) is 18.6 Å². The molecule has 0 spiro atoms. The van der Waals surface area contributed by atoms with Crippen LogP contribution in [0.15, 0.2) is 36.9 Å². The molecule has 0 radical (unpaired) electrons. The molecule has 134 valence electrons. The number of imidazole rings is 1. The molecule has 0 bridgehead atoms. The van der Waals surface area contributed by atoms with E-state index in [4.69, 9.17) is 0 Å². The van der Waals surface area contributed by atoms with Gasteiger partial charge in [0.25, 0.3) is 5.91 Å². The quantitative estimate of drug-likeness (QED) is 0.728. The molecule has 0 N–H and O–H groups in total. The van der Waals surface area contributed by atoms with Crippen LogP contribution in [0.5, 0.6) is 0 Å². The normalized spacial score (nSPS) is 16.7. The van der Waals surface area contributed by atoms with Crippen LogP contribution < -0.4 is 0 Å². The molecule has 1 unspecified atom stereocenters. The highest BCUT2D eigenvalue weighted by Gasteiger charge is 2.33. The Balaban J connectivity index is 1.79. The van der Waals surface area contributed by atoms with Crippen LogP contribution in [0.3, 0.4) is 0 Å². The molecule has 0 fully saturated rings. The van der Waals surface area contributed by atoms with Gasteiger partial charge in [0, 0.05) is 25.5 Å². The van der Waals surface area contributed by atoms with Gasteiger partial charge in [-0.05, 0) is 50.8 Å². The topological polar surface area (TPSA) is 63.9 Å². The van der Waals surface area contributed by atoms with E-state index in [0.717, 1.165) is 30.6 Å². The molecule has 3 heterocycles. The SMILES string of the molecule is CC(C)N(C(=O)c1ccnc2c1ncn2C)C1CCCc2cccnc21. The minimum absolute atomic E-state index is 0.000576. The third kappa shape index (κ3) is 2.66. The van der Waals surface area contributed by atoms with Crippen molar-refractivity contribution >= 4 is 17.1 Å². The Labute approximate surface area is 152 Å². The van der Waals surface area contributed by atoms with Gasteiger partial charge in [-0.1, -0.05) is 6.07 Å². The van der Waals surface area contributed by atoms with Gasteiger partial charge < -0.3 is 9.47 Å². The number of aryl methyl sites for hydroxylation is 2. The minimum atomic E-state index is -0.00500. The van der Waals surface area contributed by atoms with Crippen molar-refractivity contribution < 1.29 is 4.79 Å². The Kier molecular flexibility index (Phi) is 4.18. The number of nitrogens with zero attached hydrogens (tertiary/aromatic N) is 5. The van der Waals surface area contributed by atoms with Gasteiger partial charge in [-0.25, -0.2) is 9.97 Å². The second-order valence-electron chi connectivity index (χ2n) is 7.15. The smallest absolute Gasteiger partial charge is 0.257 e. The van der Waals surface area contributed by atoms with E-state index in [1.165, 1.54) is 5.56 Å². The van der Waals surface area contributed by atoms with E-state index < -0.39 is 0 Å². The van der Waals surface area contributed by atoms with Crippen LogP contribution in [0.1, 0.15) is 54.3 Å². The lowest BCUT2D eigenvalue weighted by Gasteiger charge is -2.37. The molecule has 4 rings (SSSR count). The standard InChI is InChI=1S/C20H23N5O/c1-13(2)25(16-8-4-6-14-7-5-10-21-17(14)16)20(26)15-9-11-22-19-18(15)23-12-24(19)3/h5,7,9-13,16H,4,6,8H2,1-3H3. The minimum Gasteiger partial charge on any atom is -0.328 e. The van der Waals surface area contributed by atoms with Crippen molar-refractivity contribution in [1.82, 2.24) is 24.4 Å². The molecule has 1 aliphatic carbocycles. The molecule has 1 atom stereocenters. The molecule has 1 amide bonds. The Morgan fingerprint density at radius 3 is 2.88 bits per heavy atom. The summed E-state index contributed by atoms with van der Waals surface area (Å²) in [4.78, 5) is 28.9. The molecule has 26 heavy (non-hydrogen) atoms. The average Bonchev–Trinajstić information content (AvgIpc) is 3.03. The summed E-state index contributed by atoms with van der Waals surface area (Å²) in [5, 5.41) is 0. The van der Waals surface area contributed by atoms with E-state index in [2.05, 4.69) is 34.9 Å². The summed E-state index contributed by atoms with van der Waals surface area (Å²) in [5.41, 5.74) is 4.27. The number of hydrogen-bond donors (Lipinski definition) is 0. The van der Waals surface area contributed by atoms with Crippen molar-refractivity contribution in [2.75, 3.05) is 0 Å². The first kappa shape index (κ1) is 16.7. The van der Waals surface area contributed by atoms with E-state index in [0.29, 0.717) is 11.1 Å². The Morgan fingerprint density at radius 1 is 1.23 bits per heavy atom. The van der Waals surface area contributed by atoms with Gasteiger partial charge in [0.1, 0.15) is 5.52 Å². The van der Waals surface area contributed by atoms with Gasteiger partial charge in [-0.3, -0.25) is 9.78 Å². The zero-order chi connectivity index (χ0) is 18.3. The molecule has 0 aromatic carbocycles. The molecule has 0 aliphatic heterocycles. The monoisotopic (exact) mass is 349 g/mol. The molecule has 3 aromatic heterocycles. The largest absolute Gasteiger partial charge is 0.328 e. The average molecular weight is 349 g/mol. The van der Waals surface area contributed by atoms with E-state index >= 15 is 0 Å². The Hall–Kier alpha value is -2.76. The first-order chi connectivity index (χ1) is 12.6. The third-order valence-corrected chi connectivity index (χ3v) is 5.12. The molecule has 6 nitrogen and oxygen atoms in total. The van der Waals surface area contributed by atoms with Crippen LogP contribution >= 0.6 is 0 Å². The van der Waals surface area contributed by atoms with Crippen LogP contribution in [-0.4, -0.2) is 36.4 Å². The lowest BCUT2D eigenvalue weighted by Crippen LogP contribution is -2.42. The summed E-state index contributed by atoms with van der Waals surface area (Å²) in [7, 11) is 1.89. The lowest BCUT2D eigenvalue weighted by molar-refractivity contribution is 0.0578. The first-order valence-corrected chi connectivity index (χ1v) is 9.10. The molecular weight excluding hydrogens is 326 g/mol. The third-order valence-electron chi connectivity index (χ3n) is 5.12. The zero-order valence-electron chi connectivity index (χ0n) is 15.4. The maximum atomic E-state index is 13.5. The Morgan fingerprint density at radius 2 is 2.08 bits per heavy atom. The van der Waals surface area contributed by atoms with Crippen molar-refractivity contribution in [2.24, 2.45) is 7.05 Å². The van der Waals surface area contributed by atoms with Crippen molar-refractivity contribution in [2.45, 2.75) is 45.2 Å². The predicted molar refractivity (Wildman–Crippen MR) is 99.7 cm³/mol. The number of rotatable bonds is 3. The summed E-state index contributed by atoms with van der Waals surface area (Å²) in [6, 6.07) is 5.94. The van der Waals surface area contributed by atoms with E-state index in [-0.39, 0.29) is 18.0 Å². The lowest BCUT2D eigenvalue weighted by atomic mass is 9.89. The maximum Gasteiger partial charge on any atom is 0.257 e. The number of pyridine rings is 2. The highest BCUT2D eigenvalue weighted by atomic mass is 16.2. The van der Waals surface area contributed by atoms with E-state index in [1.807, 2.05) is 28.8 Å². The molecule has 0 saturated heterocycles. The second kappa shape index (κ2) is 6.52. The first-order valence-electron chi connectivity index (χ1n) is 9.10. The van der Waals surface area contributed by atoms with E-state index in [9.17, 15) is 4.79 Å². The van der Waals surface area contributed by atoms with Crippen LogP contribution in [0.4, 0.5) is 0 Å². The molecular formula is C20H23N5O. The summed E-state index contributed by atoms with van der Waals surface area (Å²) < 4.78 is 1.84. The van der Waals surface area contributed by atoms with Gasteiger partial charge in [0.15, 0.2) is 5.65 Å². The molecule has 3 aromatic rings. The van der Waals surface area contributed by atoms with Crippen molar-refractivity contribution in [3.05, 3.63) is 53.7 Å². The van der Waals surface area contributed by atoms with Gasteiger partial charge in [0.2, 0.25) is 0 Å². The number of fused-ring (bicyclic) bond motifs is 2. The summed E-state index contributed by atoms with van der Waals surface area (Å²) in [5.74, 6) is -0.00500. The fourth-order valence-corrected chi connectivity index (χ4v) is 3.93. The summed E-state index contributed by atoms with van der Waals surface area (Å²) >= 11 is 0. The van der Waals surface area contributed by atoms with Gasteiger partial charge in [-0.2, -0.15) is 0 Å². The van der Waals surface area contributed by atoms with Crippen molar-refractivity contribution in [3.8, 4) is 0 Å². The fourth-order valence-electron chi connectivity index (χ4n) is 3.93. The van der Waals surface area contributed by atoms with Crippen LogP contribution in [0.25, 0.3) is 11.2 Å². The second-order valence-corrected chi connectivity index (χ2v) is 7.15. The number of amides is 1. The van der Waals surface area contributed by atoms with Crippen LogP contribution in [-0.2, 0) is 13.5 Å². The molecule has 1 aliphatic rings. The van der Waals surface area contributed by atoms with Crippen molar-refractivity contribution in [1.29, 1.82) is 0 Å². The van der Waals surface area contributed by atoms with Crippen LogP contribution in [0, 0.1) is 0 Å². The highest BCUT2D eigenvalue weighted by molar-refractivity contribution is 6.04. The molecule has 6 heteroatoms. The van der Waals surface area contributed by atoms with Crippen molar-refractivity contribution in [3.63, 3.8) is 0 Å². The highest BCUT2D eigenvalue weighted by Crippen LogP contribution is 2.35. The Bertz CT molecular complexity index is 962.